The number of nitrogens with one attached hydrogen (secondary N) is 2. The molecule has 1 heterocycles. The predicted molar refractivity (Wildman–Crippen MR) is 93.9 cm³/mol. The fourth-order valence-corrected chi connectivity index (χ4v) is 3.17. The van der Waals surface area contributed by atoms with Crippen molar-refractivity contribution in [1.29, 1.82) is 0 Å². The van der Waals surface area contributed by atoms with E-state index in [1.165, 1.54) is 37.3 Å². The van der Waals surface area contributed by atoms with Gasteiger partial charge in [0.25, 0.3) is 11.8 Å². The molecule has 0 radical (unpaired) electrons. The van der Waals surface area contributed by atoms with Gasteiger partial charge in [-0.25, -0.2) is 8.78 Å². The summed E-state index contributed by atoms with van der Waals surface area (Å²) in [6.07, 6.45) is -1.04. The molecule has 1 aromatic heterocycles. The van der Waals surface area contributed by atoms with Gasteiger partial charge in [0.2, 0.25) is 0 Å². The van der Waals surface area contributed by atoms with Crippen molar-refractivity contribution in [3.8, 4) is 5.75 Å². The average Bonchev–Trinajstić information content (AvgIpc) is 3.07. The zero-order valence-corrected chi connectivity index (χ0v) is 14.4. The maximum absolute atomic E-state index is 13.7. The molecule has 26 heavy (non-hydrogen) atoms. The lowest BCUT2D eigenvalue weighted by molar-refractivity contribution is -0.128. The van der Waals surface area contributed by atoms with Gasteiger partial charge < -0.3 is 4.74 Å². The molecule has 3 aromatic rings. The van der Waals surface area contributed by atoms with Crippen LogP contribution in [0.2, 0.25) is 0 Å². The maximum atomic E-state index is 13.7. The van der Waals surface area contributed by atoms with Gasteiger partial charge >= 0.3 is 0 Å². The van der Waals surface area contributed by atoms with Crippen LogP contribution in [0.5, 0.6) is 5.75 Å². The zero-order valence-electron chi connectivity index (χ0n) is 13.6. The van der Waals surface area contributed by atoms with Crippen molar-refractivity contribution in [2.45, 2.75) is 13.0 Å². The van der Waals surface area contributed by atoms with Crippen molar-refractivity contribution < 1.29 is 23.1 Å². The summed E-state index contributed by atoms with van der Waals surface area (Å²) < 4.78 is 33.1. The molecule has 0 aliphatic rings. The lowest BCUT2D eigenvalue weighted by Crippen LogP contribution is -2.47. The number of ether oxygens (including phenoxy) is 1. The Morgan fingerprint density at radius 2 is 1.77 bits per heavy atom. The van der Waals surface area contributed by atoms with E-state index in [0.29, 0.717) is 10.1 Å². The van der Waals surface area contributed by atoms with Gasteiger partial charge in [0.05, 0.1) is 4.88 Å². The topological polar surface area (TPSA) is 67.4 Å². The van der Waals surface area contributed by atoms with Gasteiger partial charge in [-0.05, 0) is 37.3 Å². The van der Waals surface area contributed by atoms with E-state index in [9.17, 15) is 18.4 Å². The number of hydrogen-bond acceptors (Lipinski definition) is 4. The van der Waals surface area contributed by atoms with Crippen LogP contribution in [0.1, 0.15) is 16.6 Å². The molecule has 0 saturated heterocycles. The number of fused-ring (bicyclic) bond motifs is 1. The third-order valence-electron chi connectivity index (χ3n) is 3.54. The summed E-state index contributed by atoms with van der Waals surface area (Å²) in [4.78, 5) is 24.4. The van der Waals surface area contributed by atoms with Gasteiger partial charge in [-0.1, -0.05) is 18.2 Å². The Morgan fingerprint density at radius 1 is 1.04 bits per heavy atom. The van der Waals surface area contributed by atoms with E-state index in [-0.39, 0.29) is 10.6 Å². The molecule has 3 rings (SSSR count). The standard InChI is InChI=1S/C18H14F2N2O3S/c1-10(25-14-7-3-2-5-13(14)20)17(23)21-22-18(24)16-9-11-12(19)6-4-8-15(11)26-16/h2-10H,1H3,(H,21,23)(H,22,24). The molecular formula is C18H14F2N2O3S. The van der Waals surface area contributed by atoms with Gasteiger partial charge in [-0.2, -0.15) is 0 Å². The number of amides is 2. The highest BCUT2D eigenvalue weighted by Crippen LogP contribution is 2.27. The molecule has 0 aliphatic heterocycles. The monoisotopic (exact) mass is 376 g/mol. The highest BCUT2D eigenvalue weighted by Gasteiger charge is 2.18. The molecule has 8 heteroatoms. The van der Waals surface area contributed by atoms with E-state index in [4.69, 9.17) is 4.74 Å². The molecule has 0 saturated carbocycles. The number of benzene rings is 2. The third kappa shape index (κ3) is 3.80. The second kappa shape index (κ2) is 7.49. The summed E-state index contributed by atoms with van der Waals surface area (Å²) in [5, 5.41) is 0.338. The molecule has 0 fully saturated rings. The smallest absolute Gasteiger partial charge is 0.279 e. The molecule has 1 unspecified atom stereocenters. The van der Waals surface area contributed by atoms with Gasteiger partial charge in [0, 0.05) is 10.1 Å². The van der Waals surface area contributed by atoms with Crippen LogP contribution in [0.4, 0.5) is 8.78 Å². The largest absolute Gasteiger partial charge is 0.478 e. The average molecular weight is 376 g/mol. The molecular weight excluding hydrogens is 362 g/mol. The molecule has 134 valence electrons. The summed E-state index contributed by atoms with van der Waals surface area (Å²) >= 11 is 1.10. The first-order valence-corrected chi connectivity index (χ1v) is 8.47. The van der Waals surface area contributed by atoms with Gasteiger partial charge in [0.1, 0.15) is 5.82 Å². The van der Waals surface area contributed by atoms with Crippen molar-refractivity contribution in [3.05, 3.63) is 65.0 Å². The van der Waals surface area contributed by atoms with E-state index in [1.54, 1.807) is 18.2 Å². The summed E-state index contributed by atoms with van der Waals surface area (Å²) in [5.41, 5.74) is 4.44. The Labute approximate surface area is 151 Å². The minimum atomic E-state index is -1.04. The van der Waals surface area contributed by atoms with Gasteiger partial charge in [0.15, 0.2) is 17.7 Å². The number of carbonyl (C=O) groups is 2. The van der Waals surface area contributed by atoms with Crippen molar-refractivity contribution in [2.24, 2.45) is 0 Å². The number of hydrogen-bond donors (Lipinski definition) is 2. The van der Waals surface area contributed by atoms with E-state index < -0.39 is 29.6 Å². The first-order valence-electron chi connectivity index (χ1n) is 7.65. The van der Waals surface area contributed by atoms with Crippen molar-refractivity contribution >= 4 is 33.2 Å². The van der Waals surface area contributed by atoms with Crippen LogP contribution in [-0.2, 0) is 4.79 Å². The van der Waals surface area contributed by atoms with E-state index >= 15 is 0 Å². The van der Waals surface area contributed by atoms with Gasteiger partial charge in [-0.15, -0.1) is 11.3 Å². The van der Waals surface area contributed by atoms with Crippen LogP contribution < -0.4 is 15.6 Å². The van der Waals surface area contributed by atoms with Crippen LogP contribution in [0.15, 0.2) is 48.5 Å². The highest BCUT2D eigenvalue weighted by atomic mass is 32.1. The third-order valence-corrected chi connectivity index (χ3v) is 4.64. The Bertz CT molecular complexity index is 974. The van der Waals surface area contributed by atoms with Crippen molar-refractivity contribution in [3.63, 3.8) is 0 Å². The molecule has 1 atom stereocenters. The van der Waals surface area contributed by atoms with E-state index in [1.807, 2.05) is 0 Å². The number of thiophene rings is 1. The van der Waals surface area contributed by atoms with Crippen LogP contribution in [0, 0.1) is 11.6 Å². The Hall–Kier alpha value is -3.00. The van der Waals surface area contributed by atoms with Crippen LogP contribution in [0.25, 0.3) is 10.1 Å². The Morgan fingerprint density at radius 3 is 2.50 bits per heavy atom. The fraction of sp³-hybridized carbons (Fsp3) is 0.111. The Kier molecular flexibility index (Phi) is 5.13. The first-order chi connectivity index (χ1) is 12.5. The van der Waals surface area contributed by atoms with Crippen molar-refractivity contribution in [1.82, 2.24) is 10.9 Å². The summed E-state index contributed by atoms with van der Waals surface area (Å²) in [6.45, 7) is 1.42. The second-order valence-corrected chi connectivity index (χ2v) is 6.48. The number of rotatable bonds is 4. The maximum Gasteiger partial charge on any atom is 0.279 e. The zero-order chi connectivity index (χ0) is 18.7. The SMILES string of the molecule is CC(Oc1ccccc1F)C(=O)NNC(=O)c1cc2c(F)cccc2s1. The molecule has 5 nitrogen and oxygen atoms in total. The lowest BCUT2D eigenvalue weighted by Gasteiger charge is -2.15. The second-order valence-electron chi connectivity index (χ2n) is 5.40. The molecule has 2 N–H and O–H groups in total. The van der Waals surface area contributed by atoms with Crippen molar-refractivity contribution in [2.75, 3.05) is 0 Å². The number of hydrazine groups is 1. The van der Waals surface area contributed by atoms with Gasteiger partial charge in [-0.3, -0.25) is 20.4 Å². The highest BCUT2D eigenvalue weighted by molar-refractivity contribution is 7.20. The lowest BCUT2D eigenvalue weighted by atomic mass is 10.2. The predicted octanol–water partition coefficient (Wildman–Crippen LogP) is 3.41. The minimum absolute atomic E-state index is 0.0681. The molecule has 0 bridgehead atoms. The summed E-state index contributed by atoms with van der Waals surface area (Å²) in [6, 6.07) is 11.6. The normalized spacial score (nSPS) is 11.8. The van der Waals surface area contributed by atoms with E-state index in [2.05, 4.69) is 10.9 Å². The molecule has 2 aromatic carbocycles. The molecule has 2 amide bonds. The quantitative estimate of drug-likeness (QED) is 0.686. The van der Waals surface area contributed by atoms with Crippen LogP contribution >= 0.6 is 11.3 Å². The molecule has 0 aliphatic carbocycles. The number of halogens is 2. The Balaban J connectivity index is 1.60. The van der Waals surface area contributed by atoms with Crippen LogP contribution in [-0.4, -0.2) is 17.9 Å². The summed E-state index contributed by atoms with van der Waals surface area (Å²) in [7, 11) is 0. The number of para-hydroxylation sites is 1. The fourth-order valence-electron chi connectivity index (χ4n) is 2.20. The summed E-state index contributed by atoms with van der Waals surface area (Å²) in [5.74, 6) is -2.33. The minimum Gasteiger partial charge on any atom is -0.478 e. The van der Waals surface area contributed by atoms with Crippen LogP contribution in [0.3, 0.4) is 0 Å². The molecule has 0 spiro atoms. The first kappa shape index (κ1) is 17.8. The number of carbonyl (C=O) groups excluding carboxylic acids is 2. The van der Waals surface area contributed by atoms with E-state index in [0.717, 1.165) is 11.3 Å².